The summed E-state index contributed by atoms with van der Waals surface area (Å²) in [6.45, 7) is 0. The molecule has 44 heavy (non-hydrogen) atoms. The van der Waals surface area contributed by atoms with E-state index in [4.69, 9.17) is 24.4 Å². The van der Waals surface area contributed by atoms with Gasteiger partial charge in [-0.1, -0.05) is 60.7 Å². The Morgan fingerprint density at radius 2 is 1.11 bits per heavy atom. The van der Waals surface area contributed by atoms with Crippen molar-refractivity contribution < 1.29 is 9.47 Å². The first-order valence-corrected chi connectivity index (χ1v) is 14.5. The Bertz CT molecular complexity index is 2060. The topological polar surface area (TPSA) is 82.9 Å². The fourth-order valence-corrected chi connectivity index (χ4v) is 5.37. The summed E-state index contributed by atoms with van der Waals surface area (Å²) in [5.41, 5.74) is 6.16. The molecule has 7 heteroatoms. The highest BCUT2D eigenvalue weighted by Crippen LogP contribution is 2.50. The molecule has 6 aromatic rings. The summed E-state index contributed by atoms with van der Waals surface area (Å²) in [7, 11) is 0. The van der Waals surface area contributed by atoms with Gasteiger partial charge < -0.3 is 9.47 Å². The fraction of sp³-hybridized carbons (Fsp3) is 0.0541. The lowest BCUT2D eigenvalue weighted by molar-refractivity contribution is 0.360. The van der Waals surface area contributed by atoms with E-state index < -0.39 is 0 Å². The van der Waals surface area contributed by atoms with Crippen LogP contribution < -0.4 is 9.47 Å². The van der Waals surface area contributed by atoms with Gasteiger partial charge in [0.05, 0.1) is 11.4 Å². The van der Waals surface area contributed by atoms with Crippen LogP contribution in [0.1, 0.15) is 18.7 Å². The van der Waals surface area contributed by atoms with Gasteiger partial charge in [-0.3, -0.25) is 9.97 Å². The number of rotatable bonds is 5. The Kier molecular flexibility index (Phi) is 6.46. The van der Waals surface area contributed by atoms with Crippen molar-refractivity contribution in [2.24, 2.45) is 0 Å². The molecule has 3 aromatic carbocycles. The molecule has 0 saturated heterocycles. The molecule has 2 aliphatic rings. The van der Waals surface area contributed by atoms with E-state index in [2.05, 4.69) is 28.2 Å². The maximum absolute atomic E-state index is 6.49. The van der Waals surface area contributed by atoms with E-state index in [1.807, 2.05) is 97.1 Å². The van der Waals surface area contributed by atoms with E-state index in [1.54, 1.807) is 12.4 Å². The minimum atomic E-state index is 0.561. The summed E-state index contributed by atoms with van der Waals surface area (Å²) in [6, 6.07) is 31.4. The molecule has 1 aliphatic heterocycles. The molecule has 0 fully saturated rings. The van der Waals surface area contributed by atoms with Crippen molar-refractivity contribution in [2.75, 3.05) is 0 Å². The normalized spacial score (nSPS) is 13.2. The van der Waals surface area contributed by atoms with Gasteiger partial charge in [0.2, 0.25) is 0 Å². The van der Waals surface area contributed by atoms with Crippen molar-refractivity contribution in [1.29, 1.82) is 0 Å². The molecule has 0 unspecified atom stereocenters. The highest BCUT2D eigenvalue weighted by Gasteiger charge is 2.24. The molecule has 3 aromatic heterocycles. The van der Waals surface area contributed by atoms with Gasteiger partial charge in [0.25, 0.3) is 0 Å². The number of hydrogen-bond acceptors (Lipinski definition) is 7. The number of hydrogen-bond donors (Lipinski definition) is 0. The molecule has 1 aliphatic carbocycles. The molecule has 210 valence electrons. The molecular formula is C37H25N5O2. The van der Waals surface area contributed by atoms with Crippen LogP contribution in [-0.4, -0.2) is 24.9 Å². The summed E-state index contributed by atoms with van der Waals surface area (Å²) in [5.74, 6) is 4.21. The first-order chi connectivity index (χ1) is 21.8. The van der Waals surface area contributed by atoms with Crippen molar-refractivity contribution in [1.82, 2.24) is 24.9 Å². The Balaban J connectivity index is 1.21. The van der Waals surface area contributed by atoms with Crippen LogP contribution in [0.15, 0.2) is 128 Å². The van der Waals surface area contributed by atoms with Gasteiger partial charge in [-0.25, -0.2) is 15.0 Å². The maximum atomic E-state index is 6.49. The predicted octanol–water partition coefficient (Wildman–Crippen LogP) is 8.96. The van der Waals surface area contributed by atoms with Gasteiger partial charge in [-0.05, 0) is 67.4 Å². The SMILES string of the molecule is C1=CC(c2nc(-c3ccccc3)nc(-c3ccc4c(c3)Oc3cc(-c5ccccn5)c(-c5ccccn5)cc3O4)n2)=CCC1. The molecule has 0 spiro atoms. The van der Waals surface area contributed by atoms with Crippen LogP contribution in [0.3, 0.4) is 0 Å². The van der Waals surface area contributed by atoms with Crippen LogP contribution in [0.4, 0.5) is 0 Å². The first-order valence-electron chi connectivity index (χ1n) is 14.5. The summed E-state index contributed by atoms with van der Waals surface area (Å²) in [5, 5.41) is 0. The number of allylic oxidation sites excluding steroid dienone is 4. The Labute approximate surface area is 254 Å². The highest BCUT2D eigenvalue weighted by molar-refractivity contribution is 5.84. The van der Waals surface area contributed by atoms with Gasteiger partial charge in [0.1, 0.15) is 0 Å². The van der Waals surface area contributed by atoms with Crippen molar-refractivity contribution in [3.05, 3.63) is 134 Å². The predicted molar refractivity (Wildman–Crippen MR) is 170 cm³/mol. The molecule has 0 amide bonds. The number of benzene rings is 3. The summed E-state index contributed by atoms with van der Waals surface area (Å²) < 4.78 is 12.9. The highest BCUT2D eigenvalue weighted by atomic mass is 16.6. The Morgan fingerprint density at radius 1 is 0.500 bits per heavy atom. The Hall–Kier alpha value is -5.95. The number of pyridine rings is 2. The molecule has 8 rings (SSSR count). The zero-order valence-corrected chi connectivity index (χ0v) is 23.6. The summed E-state index contributed by atoms with van der Waals surface area (Å²) >= 11 is 0. The average molecular weight is 572 g/mol. The quantitative estimate of drug-likeness (QED) is 0.204. The first kappa shape index (κ1) is 25.7. The third-order valence-electron chi connectivity index (χ3n) is 7.53. The smallest absolute Gasteiger partial charge is 0.170 e. The Morgan fingerprint density at radius 3 is 1.75 bits per heavy atom. The lowest BCUT2D eigenvalue weighted by Gasteiger charge is -2.23. The minimum Gasteiger partial charge on any atom is -0.449 e. The maximum Gasteiger partial charge on any atom is 0.170 e. The second-order valence-electron chi connectivity index (χ2n) is 10.5. The standard InChI is InChI=1S/C37H25N5O2/c1-3-11-24(12-4-1)35-40-36(25-13-5-2-6-14-25)42-37(41-35)26-17-18-31-32(21-26)44-34-23-28(30-16-8-10-20-39-30)27(22-33(34)43-31)29-15-7-9-19-38-29/h1,3-5,7-23H,2,6H2. The van der Waals surface area contributed by atoms with Gasteiger partial charge in [0, 0.05) is 40.2 Å². The number of ether oxygens (including phenoxy) is 2. The number of fused-ring (bicyclic) bond motifs is 2. The van der Waals surface area contributed by atoms with Crippen LogP contribution in [0, 0.1) is 0 Å². The van der Waals surface area contributed by atoms with Crippen molar-refractivity contribution >= 4 is 5.57 Å². The number of nitrogens with zero attached hydrogens (tertiary/aromatic N) is 5. The second-order valence-corrected chi connectivity index (χ2v) is 10.5. The molecule has 0 bridgehead atoms. The third-order valence-corrected chi connectivity index (χ3v) is 7.53. The van der Waals surface area contributed by atoms with Crippen LogP contribution in [0.5, 0.6) is 23.0 Å². The summed E-state index contributed by atoms with van der Waals surface area (Å²) in [6.07, 6.45) is 11.9. The van der Waals surface area contributed by atoms with Gasteiger partial charge in [-0.2, -0.15) is 0 Å². The second kappa shape index (κ2) is 11.0. The zero-order chi connectivity index (χ0) is 29.3. The van der Waals surface area contributed by atoms with Crippen molar-refractivity contribution in [3.8, 4) is 68.3 Å². The van der Waals surface area contributed by atoms with Gasteiger partial charge >= 0.3 is 0 Å². The lowest BCUT2D eigenvalue weighted by atomic mass is 9.99. The molecule has 7 nitrogen and oxygen atoms in total. The zero-order valence-electron chi connectivity index (χ0n) is 23.6. The minimum absolute atomic E-state index is 0.561. The van der Waals surface area contributed by atoms with Crippen LogP contribution >= 0.6 is 0 Å². The van der Waals surface area contributed by atoms with Gasteiger partial charge in [-0.15, -0.1) is 0 Å². The van der Waals surface area contributed by atoms with Gasteiger partial charge in [0.15, 0.2) is 40.5 Å². The van der Waals surface area contributed by atoms with Crippen molar-refractivity contribution in [3.63, 3.8) is 0 Å². The van der Waals surface area contributed by atoms with E-state index in [9.17, 15) is 0 Å². The third kappa shape index (κ3) is 4.90. The van der Waals surface area contributed by atoms with E-state index in [-0.39, 0.29) is 0 Å². The molecule has 0 N–H and O–H groups in total. The van der Waals surface area contributed by atoms with E-state index in [1.165, 1.54) is 0 Å². The van der Waals surface area contributed by atoms with Crippen LogP contribution in [0.2, 0.25) is 0 Å². The van der Waals surface area contributed by atoms with Crippen LogP contribution in [0.25, 0.3) is 50.9 Å². The lowest BCUT2D eigenvalue weighted by Crippen LogP contribution is -2.04. The van der Waals surface area contributed by atoms with E-state index in [0.29, 0.717) is 40.5 Å². The van der Waals surface area contributed by atoms with Crippen LogP contribution in [-0.2, 0) is 0 Å². The fourth-order valence-electron chi connectivity index (χ4n) is 5.37. The largest absolute Gasteiger partial charge is 0.449 e. The summed E-state index contributed by atoms with van der Waals surface area (Å²) in [4.78, 5) is 23.8. The van der Waals surface area contributed by atoms with E-state index >= 15 is 0 Å². The number of aromatic nitrogens is 5. The molecule has 4 heterocycles. The average Bonchev–Trinajstić information content (AvgIpc) is 3.11. The van der Waals surface area contributed by atoms with Crippen molar-refractivity contribution in [2.45, 2.75) is 12.8 Å². The molecule has 0 atom stereocenters. The molecule has 0 saturated carbocycles. The monoisotopic (exact) mass is 571 g/mol. The molecule has 0 radical (unpaired) electrons. The van der Waals surface area contributed by atoms with E-state index in [0.717, 1.165) is 52.1 Å². The molecular weight excluding hydrogens is 546 g/mol.